The van der Waals surface area contributed by atoms with E-state index in [4.69, 9.17) is 0 Å². The Balaban J connectivity index is 1.21. The molecule has 0 aliphatic carbocycles. The summed E-state index contributed by atoms with van der Waals surface area (Å²) in [6.07, 6.45) is 3.52. The van der Waals surface area contributed by atoms with Crippen LogP contribution in [0.5, 0.6) is 0 Å². The number of amides is 6. The number of likely N-dealkylation sites (tertiary alicyclic amines) is 2. The molecule has 4 saturated heterocycles. The predicted octanol–water partition coefficient (Wildman–Crippen LogP) is -0.269. The third-order valence-corrected chi connectivity index (χ3v) is 16.0. The molecule has 4 aliphatic heterocycles. The highest BCUT2D eigenvalue weighted by atomic mass is 32.2. The monoisotopic (exact) mass is 956 g/mol. The van der Waals surface area contributed by atoms with Crippen LogP contribution in [-0.4, -0.2) is 172 Å². The van der Waals surface area contributed by atoms with Crippen molar-refractivity contribution >= 4 is 66.9 Å². The third kappa shape index (κ3) is 11.4. The average Bonchev–Trinajstić information content (AvgIpc) is 4.08. The van der Waals surface area contributed by atoms with E-state index in [0.29, 0.717) is 11.4 Å². The normalized spacial score (nSPS) is 25.0. The number of benzene rings is 2. The highest BCUT2D eigenvalue weighted by Crippen LogP contribution is 2.40. The lowest BCUT2D eigenvalue weighted by atomic mass is 9.96. The van der Waals surface area contributed by atoms with Crippen LogP contribution in [0.15, 0.2) is 60.7 Å². The van der Waals surface area contributed by atoms with E-state index in [9.17, 15) is 45.6 Å². The maximum absolute atomic E-state index is 14.7. The molecule has 10 atom stereocenters. The maximum Gasteiger partial charge on any atom is 0.245 e. The van der Waals surface area contributed by atoms with Crippen LogP contribution in [0.4, 0.5) is 11.4 Å². The van der Waals surface area contributed by atoms with Gasteiger partial charge in [0.05, 0.1) is 48.5 Å². The summed E-state index contributed by atoms with van der Waals surface area (Å²) < 4.78 is 54.5. The van der Waals surface area contributed by atoms with Crippen LogP contribution < -0.4 is 31.9 Å². The van der Waals surface area contributed by atoms with E-state index in [2.05, 4.69) is 31.9 Å². The average molecular weight is 957 g/mol. The molecular formula is C44H64N10O10S2. The lowest BCUT2D eigenvalue weighted by molar-refractivity contribution is -0.139. The van der Waals surface area contributed by atoms with E-state index >= 15 is 0 Å². The number of sulfonamides is 2. The minimum atomic E-state index is -3.77. The van der Waals surface area contributed by atoms with Crippen molar-refractivity contribution in [2.24, 2.45) is 11.8 Å². The number of unbranched alkanes of at least 4 members (excludes halogenated alkanes) is 1. The molecule has 2 aromatic carbocycles. The minimum Gasteiger partial charge on any atom is -0.343 e. The Kier molecular flexibility index (Phi) is 16.3. The highest BCUT2D eigenvalue weighted by Gasteiger charge is 2.57. The molecule has 0 radical (unpaired) electrons. The van der Waals surface area contributed by atoms with E-state index in [1.807, 2.05) is 0 Å². The predicted molar refractivity (Wildman–Crippen MR) is 247 cm³/mol. The van der Waals surface area contributed by atoms with Gasteiger partial charge in [-0.25, -0.2) is 16.8 Å². The summed E-state index contributed by atoms with van der Waals surface area (Å²) in [6, 6.07) is 11.0. The molecule has 66 heavy (non-hydrogen) atoms. The highest BCUT2D eigenvalue weighted by molar-refractivity contribution is 7.88. The first-order valence-electron chi connectivity index (χ1n) is 22.5. The standard InChI is InChI=1S/C44H64N10O10S2/c1-27(45-3)39(55)49-33(43(59)51-23-21-35-37(51)31(25-53(35)65(5,61)62)41(57)47-29-15-9-7-10-16-29)19-13-14-20-34(50-40(56)28(2)46-4)44(60)52-24-22-36-38(52)32(26-54(36)66(6,63)64)42(58)48-30-17-11-8-12-18-30/h7-12,15-18,27-28,31-38,45-46H,13-14,19-26H2,1-6H3,(H,47,57)(H,48,58)(H,49,55)(H,50,56)/t27-,28-,31-,32-,33-,34-,35+,36+,37+,38+/m0/s1. The van der Waals surface area contributed by atoms with Gasteiger partial charge in [0.1, 0.15) is 12.1 Å². The number of rotatable bonds is 19. The van der Waals surface area contributed by atoms with Gasteiger partial charge in [0, 0.05) is 49.6 Å². The van der Waals surface area contributed by atoms with Gasteiger partial charge in [0.2, 0.25) is 55.5 Å². The molecule has 0 saturated carbocycles. The Hall–Kier alpha value is -5.00. The summed E-state index contributed by atoms with van der Waals surface area (Å²) in [5, 5.41) is 17.2. The number of hydrogen-bond acceptors (Lipinski definition) is 12. The van der Waals surface area contributed by atoms with Gasteiger partial charge >= 0.3 is 0 Å². The van der Waals surface area contributed by atoms with Crippen molar-refractivity contribution in [2.45, 2.75) is 101 Å². The summed E-state index contributed by atoms with van der Waals surface area (Å²) in [7, 11) is -4.33. The second-order valence-corrected chi connectivity index (χ2v) is 21.6. The first-order valence-corrected chi connectivity index (χ1v) is 26.2. The molecule has 4 heterocycles. The number of carbonyl (C=O) groups is 6. The van der Waals surface area contributed by atoms with E-state index in [1.54, 1.807) is 88.6 Å². The summed E-state index contributed by atoms with van der Waals surface area (Å²) in [4.78, 5) is 86.7. The molecule has 20 nitrogen and oxygen atoms in total. The fourth-order valence-corrected chi connectivity index (χ4v) is 12.1. The Labute approximate surface area is 387 Å². The Morgan fingerprint density at radius 1 is 0.591 bits per heavy atom. The zero-order chi connectivity index (χ0) is 48.1. The number of fused-ring (bicyclic) bond motifs is 2. The van der Waals surface area contributed by atoms with Crippen LogP contribution in [0.1, 0.15) is 52.4 Å². The fourth-order valence-electron chi connectivity index (χ4n) is 9.81. The molecule has 0 unspecified atom stereocenters. The number of carbonyl (C=O) groups excluding carboxylic acids is 6. The Morgan fingerprint density at radius 3 is 1.26 bits per heavy atom. The number of para-hydroxylation sites is 2. The topological polar surface area (TPSA) is 256 Å². The first-order chi connectivity index (χ1) is 31.2. The molecule has 22 heteroatoms. The van der Waals surface area contributed by atoms with E-state index in [0.717, 1.165) is 12.5 Å². The van der Waals surface area contributed by atoms with E-state index < -0.39 is 116 Å². The van der Waals surface area contributed by atoms with Crippen molar-refractivity contribution in [1.29, 1.82) is 0 Å². The number of hydrogen-bond donors (Lipinski definition) is 6. The molecule has 0 bridgehead atoms. The van der Waals surface area contributed by atoms with Gasteiger partial charge in [0.25, 0.3) is 0 Å². The van der Waals surface area contributed by atoms with Gasteiger partial charge in [-0.2, -0.15) is 8.61 Å². The molecule has 6 amide bonds. The quantitative estimate of drug-likeness (QED) is 0.0997. The molecule has 0 spiro atoms. The van der Waals surface area contributed by atoms with Gasteiger partial charge in [-0.3, -0.25) is 28.8 Å². The smallest absolute Gasteiger partial charge is 0.245 e. The van der Waals surface area contributed by atoms with Crippen LogP contribution >= 0.6 is 0 Å². The molecule has 2 aromatic rings. The van der Waals surface area contributed by atoms with Gasteiger partial charge in [0.15, 0.2) is 0 Å². The van der Waals surface area contributed by atoms with Crippen LogP contribution in [0.2, 0.25) is 0 Å². The summed E-state index contributed by atoms with van der Waals surface area (Å²) in [5.74, 6) is -4.55. The second kappa shape index (κ2) is 21.3. The van der Waals surface area contributed by atoms with Crippen molar-refractivity contribution in [3.05, 3.63) is 60.7 Å². The third-order valence-electron chi connectivity index (χ3n) is 13.4. The minimum absolute atomic E-state index is 0.104. The summed E-state index contributed by atoms with van der Waals surface area (Å²) in [6.45, 7) is 3.32. The van der Waals surface area contributed by atoms with Gasteiger partial charge in [-0.05, 0) is 77.9 Å². The zero-order valence-corrected chi connectivity index (χ0v) is 39.9. The largest absolute Gasteiger partial charge is 0.343 e. The molecule has 6 rings (SSSR count). The lowest BCUT2D eigenvalue weighted by Crippen LogP contribution is -2.56. The Bertz CT molecular complexity index is 2160. The lowest BCUT2D eigenvalue weighted by Gasteiger charge is -2.32. The molecule has 6 N–H and O–H groups in total. The van der Waals surface area contributed by atoms with Crippen LogP contribution in [0, 0.1) is 11.8 Å². The molecular weight excluding hydrogens is 893 g/mol. The van der Waals surface area contributed by atoms with E-state index in [1.165, 1.54) is 18.4 Å². The van der Waals surface area contributed by atoms with Crippen molar-refractivity contribution in [3.63, 3.8) is 0 Å². The zero-order valence-electron chi connectivity index (χ0n) is 38.3. The molecule has 362 valence electrons. The summed E-state index contributed by atoms with van der Waals surface area (Å²) >= 11 is 0. The van der Waals surface area contributed by atoms with Crippen molar-refractivity contribution in [1.82, 2.24) is 39.7 Å². The van der Waals surface area contributed by atoms with Crippen LogP contribution in [0.3, 0.4) is 0 Å². The van der Waals surface area contributed by atoms with Crippen molar-refractivity contribution in [3.8, 4) is 0 Å². The van der Waals surface area contributed by atoms with Gasteiger partial charge in [-0.1, -0.05) is 49.2 Å². The number of nitrogens with one attached hydrogen (secondary N) is 6. The molecule has 4 aliphatic rings. The Morgan fingerprint density at radius 2 is 0.939 bits per heavy atom. The van der Waals surface area contributed by atoms with Gasteiger partial charge < -0.3 is 41.7 Å². The second-order valence-electron chi connectivity index (χ2n) is 17.8. The number of nitrogens with zero attached hydrogens (tertiary/aromatic N) is 4. The number of anilines is 2. The van der Waals surface area contributed by atoms with Crippen molar-refractivity contribution in [2.75, 3.05) is 63.4 Å². The molecule has 4 fully saturated rings. The maximum atomic E-state index is 14.7. The van der Waals surface area contributed by atoms with Crippen LogP contribution in [-0.2, 0) is 48.8 Å². The van der Waals surface area contributed by atoms with Gasteiger partial charge in [-0.15, -0.1) is 0 Å². The number of likely N-dealkylation sites (N-methyl/N-ethyl adjacent to an activating group) is 2. The fraction of sp³-hybridized carbons (Fsp3) is 0.591. The van der Waals surface area contributed by atoms with Crippen LogP contribution in [0.25, 0.3) is 0 Å². The van der Waals surface area contributed by atoms with E-state index in [-0.39, 0.29) is 64.7 Å². The summed E-state index contributed by atoms with van der Waals surface area (Å²) in [5.41, 5.74) is 1.04. The van der Waals surface area contributed by atoms with Crippen molar-refractivity contribution < 1.29 is 45.6 Å². The SMILES string of the molecule is CN[C@@H](C)C(=O)N[C@@H](CCCC[C@H](NC(=O)[C@H](C)NC)C(=O)N1CC[C@@H]2[C@H]1[C@@H](C(=O)Nc1ccccc1)CN2S(C)(=O)=O)C(=O)N1CC[C@@H]2[C@H]1[C@@H](C(=O)Nc1ccccc1)CN2S(C)(=O)=O. The molecule has 0 aromatic heterocycles. The first kappa shape index (κ1) is 50.4.